The van der Waals surface area contributed by atoms with Crippen LogP contribution >= 0.6 is 0 Å². The van der Waals surface area contributed by atoms with Gasteiger partial charge in [0.05, 0.1) is 16.6 Å². The molecule has 2 aliphatic rings. The van der Waals surface area contributed by atoms with E-state index in [4.69, 9.17) is 9.97 Å². The van der Waals surface area contributed by atoms with E-state index in [0.29, 0.717) is 0 Å². The van der Waals surface area contributed by atoms with Crippen LogP contribution in [0.15, 0.2) is 206 Å². The van der Waals surface area contributed by atoms with Crippen molar-refractivity contribution in [3.05, 3.63) is 229 Å². The van der Waals surface area contributed by atoms with E-state index in [1.54, 1.807) is 0 Å². The van der Waals surface area contributed by atoms with E-state index in [1.165, 1.54) is 82.4 Å². The summed E-state index contributed by atoms with van der Waals surface area (Å²) in [6.45, 7) is 0. The summed E-state index contributed by atoms with van der Waals surface area (Å²) < 4.78 is 0. The number of para-hydroxylation sites is 1. The second-order valence-electron chi connectivity index (χ2n) is 15.9. The van der Waals surface area contributed by atoms with Crippen molar-refractivity contribution in [1.29, 1.82) is 0 Å². The summed E-state index contributed by atoms with van der Waals surface area (Å²) >= 11 is 0. The summed E-state index contributed by atoms with van der Waals surface area (Å²) in [7, 11) is 0. The molecule has 0 fully saturated rings. The fourth-order valence-electron chi connectivity index (χ4n) is 10.8. The first-order valence-corrected chi connectivity index (χ1v) is 20.4. The molecule has 11 aromatic rings. The molecule has 59 heavy (non-hydrogen) atoms. The van der Waals surface area contributed by atoms with E-state index >= 15 is 0 Å². The Morgan fingerprint density at radius 2 is 0.831 bits per heavy atom. The Labute approximate surface area is 341 Å². The first-order chi connectivity index (χ1) is 29.3. The molecule has 0 amide bonds. The minimum Gasteiger partial charge on any atom is -0.228 e. The van der Waals surface area contributed by atoms with Gasteiger partial charge in [0.2, 0.25) is 0 Å². The van der Waals surface area contributed by atoms with Crippen molar-refractivity contribution in [2.24, 2.45) is 0 Å². The third-order valence-corrected chi connectivity index (χ3v) is 13.0. The fraction of sp³-hybridized carbons (Fsp3) is 0.0175. The van der Waals surface area contributed by atoms with Gasteiger partial charge >= 0.3 is 0 Å². The van der Waals surface area contributed by atoms with E-state index in [1.807, 2.05) is 6.07 Å². The number of benzene rings is 10. The standard InChI is InChI=1S/C57H34N2/c1-2-17-35(18-3-1)55-46-29-12-15-32-51(46)58-56(59-55)37-20-16-19-36(33-37)47-34-48-52-43-26-7-4-21-38(43)39-22-5-9-28-45(39)54(52)57(53(48)44-27-8-6-23-40(44)47)49-30-13-10-24-41(49)42-25-11-14-31-50(42)57/h1-34H. The Bertz CT molecular complexity index is 3520. The molecular formula is C57H34N2. The van der Waals surface area contributed by atoms with Crippen LogP contribution in [0.2, 0.25) is 0 Å². The van der Waals surface area contributed by atoms with E-state index in [2.05, 4.69) is 200 Å². The van der Waals surface area contributed by atoms with Crippen LogP contribution in [-0.4, -0.2) is 9.97 Å². The number of rotatable bonds is 3. The summed E-state index contributed by atoms with van der Waals surface area (Å²) in [5.41, 5.74) is 16.5. The molecule has 0 atom stereocenters. The van der Waals surface area contributed by atoms with Crippen molar-refractivity contribution < 1.29 is 0 Å². The zero-order chi connectivity index (χ0) is 38.7. The van der Waals surface area contributed by atoms with Crippen molar-refractivity contribution in [3.63, 3.8) is 0 Å². The molecular weight excluding hydrogens is 713 g/mol. The predicted molar refractivity (Wildman–Crippen MR) is 245 cm³/mol. The van der Waals surface area contributed by atoms with Crippen molar-refractivity contribution in [1.82, 2.24) is 9.97 Å². The molecule has 10 aromatic carbocycles. The molecule has 0 saturated heterocycles. The van der Waals surface area contributed by atoms with Crippen molar-refractivity contribution in [3.8, 4) is 56.0 Å². The molecule has 0 saturated carbocycles. The lowest BCUT2D eigenvalue weighted by molar-refractivity contribution is 0.809. The molecule has 1 spiro atoms. The molecule has 0 radical (unpaired) electrons. The van der Waals surface area contributed by atoms with Gasteiger partial charge in [-0.2, -0.15) is 0 Å². The van der Waals surface area contributed by atoms with Crippen LogP contribution in [0, 0.1) is 0 Å². The monoisotopic (exact) mass is 746 g/mol. The average molecular weight is 747 g/mol. The zero-order valence-corrected chi connectivity index (χ0v) is 32.0. The molecule has 2 nitrogen and oxygen atoms in total. The van der Waals surface area contributed by atoms with Gasteiger partial charge in [0.15, 0.2) is 5.82 Å². The van der Waals surface area contributed by atoms with Crippen LogP contribution < -0.4 is 0 Å². The van der Waals surface area contributed by atoms with Gasteiger partial charge in [-0.25, -0.2) is 9.97 Å². The highest BCUT2D eigenvalue weighted by molar-refractivity contribution is 6.22. The van der Waals surface area contributed by atoms with Gasteiger partial charge in [-0.3, -0.25) is 0 Å². The van der Waals surface area contributed by atoms with Gasteiger partial charge in [-0.15, -0.1) is 0 Å². The number of aromatic nitrogens is 2. The molecule has 0 aliphatic heterocycles. The van der Waals surface area contributed by atoms with Crippen LogP contribution in [0.25, 0.3) is 99.2 Å². The summed E-state index contributed by atoms with van der Waals surface area (Å²) in [6, 6.07) is 75.6. The summed E-state index contributed by atoms with van der Waals surface area (Å²) in [4.78, 5) is 10.4. The van der Waals surface area contributed by atoms with Gasteiger partial charge in [0, 0.05) is 16.5 Å². The molecule has 0 unspecified atom stereocenters. The third kappa shape index (κ3) is 4.35. The fourth-order valence-corrected chi connectivity index (χ4v) is 10.8. The van der Waals surface area contributed by atoms with E-state index in [-0.39, 0.29) is 0 Å². The van der Waals surface area contributed by atoms with Gasteiger partial charge in [-0.05, 0) is 106 Å². The molecule has 1 aromatic heterocycles. The van der Waals surface area contributed by atoms with E-state index in [0.717, 1.165) is 39.1 Å². The summed E-state index contributed by atoms with van der Waals surface area (Å²) in [5.74, 6) is 0.718. The number of hydrogen-bond donors (Lipinski definition) is 0. The Morgan fingerprint density at radius 3 is 1.56 bits per heavy atom. The molecule has 2 heteroatoms. The second kappa shape index (κ2) is 12.2. The van der Waals surface area contributed by atoms with Gasteiger partial charge in [-0.1, -0.05) is 188 Å². The van der Waals surface area contributed by atoms with E-state index < -0.39 is 5.41 Å². The molecule has 0 N–H and O–H groups in total. The third-order valence-electron chi connectivity index (χ3n) is 13.0. The quantitative estimate of drug-likeness (QED) is 0.168. The highest BCUT2D eigenvalue weighted by Crippen LogP contribution is 2.67. The largest absolute Gasteiger partial charge is 0.228 e. The van der Waals surface area contributed by atoms with Crippen LogP contribution in [-0.2, 0) is 5.41 Å². The average Bonchev–Trinajstić information content (AvgIpc) is 3.79. The molecule has 2 aliphatic carbocycles. The Kier molecular flexibility index (Phi) is 6.68. The Balaban J connectivity index is 1.14. The molecule has 272 valence electrons. The van der Waals surface area contributed by atoms with Gasteiger partial charge < -0.3 is 0 Å². The van der Waals surface area contributed by atoms with Crippen LogP contribution in [0.4, 0.5) is 0 Å². The minimum absolute atomic E-state index is 0.520. The Morgan fingerprint density at radius 1 is 0.305 bits per heavy atom. The number of nitrogens with zero attached hydrogens (tertiary/aromatic N) is 2. The highest BCUT2D eigenvalue weighted by Gasteiger charge is 2.54. The van der Waals surface area contributed by atoms with Crippen molar-refractivity contribution >= 4 is 43.2 Å². The van der Waals surface area contributed by atoms with Crippen LogP contribution in [0.5, 0.6) is 0 Å². The minimum atomic E-state index is -0.520. The lowest BCUT2D eigenvalue weighted by Crippen LogP contribution is -2.26. The van der Waals surface area contributed by atoms with Crippen LogP contribution in [0.1, 0.15) is 22.3 Å². The summed E-state index contributed by atoms with van der Waals surface area (Å²) in [6.07, 6.45) is 0. The second-order valence-corrected chi connectivity index (χ2v) is 15.9. The molecule has 13 rings (SSSR count). The first kappa shape index (κ1) is 32.4. The van der Waals surface area contributed by atoms with E-state index in [9.17, 15) is 0 Å². The predicted octanol–water partition coefficient (Wildman–Crippen LogP) is 14.4. The van der Waals surface area contributed by atoms with Crippen molar-refractivity contribution in [2.75, 3.05) is 0 Å². The zero-order valence-electron chi connectivity index (χ0n) is 32.0. The normalized spacial score (nSPS) is 13.2. The smallest absolute Gasteiger partial charge is 0.160 e. The SMILES string of the molecule is c1ccc(-c2nc(-c3cccc(-c4cc5c(c6ccccc46)C4(c6ccccc6-c6ccccc64)c4c-5c5ccccc5c5ccccc45)c3)nc3ccccc23)cc1. The topological polar surface area (TPSA) is 25.8 Å². The summed E-state index contributed by atoms with van der Waals surface area (Å²) in [5, 5.41) is 8.71. The highest BCUT2D eigenvalue weighted by atomic mass is 14.9. The van der Waals surface area contributed by atoms with Gasteiger partial charge in [0.25, 0.3) is 0 Å². The van der Waals surface area contributed by atoms with Crippen LogP contribution in [0.3, 0.4) is 0 Å². The lowest BCUT2D eigenvalue weighted by atomic mass is 9.68. The maximum absolute atomic E-state index is 5.27. The number of fused-ring (bicyclic) bond motifs is 18. The van der Waals surface area contributed by atoms with Gasteiger partial charge in [0.1, 0.15) is 0 Å². The Hall–Kier alpha value is -7.68. The first-order valence-electron chi connectivity index (χ1n) is 20.4. The maximum Gasteiger partial charge on any atom is 0.160 e. The molecule has 0 bridgehead atoms. The van der Waals surface area contributed by atoms with Crippen molar-refractivity contribution in [2.45, 2.75) is 5.41 Å². The number of hydrogen-bond acceptors (Lipinski definition) is 2. The molecule has 1 heterocycles. The maximum atomic E-state index is 5.27. The lowest BCUT2D eigenvalue weighted by Gasteiger charge is -2.33.